The van der Waals surface area contributed by atoms with E-state index in [4.69, 9.17) is 0 Å². The molecule has 0 aliphatic rings. The molecule has 1 aromatic rings. The van der Waals surface area contributed by atoms with E-state index in [1.54, 1.807) is 4.90 Å². The maximum absolute atomic E-state index is 13.3. The molecule has 12 heteroatoms. The molecule has 1 aromatic carbocycles. The first-order valence-corrected chi connectivity index (χ1v) is 9.21. The Balaban J connectivity index is 3.41. The Morgan fingerprint density at radius 3 is 1.55 bits per heavy atom. The van der Waals surface area contributed by atoms with Gasteiger partial charge in [0.25, 0.3) is 11.4 Å². The molecule has 9 nitrogen and oxygen atoms in total. The van der Waals surface area contributed by atoms with Crippen molar-refractivity contribution in [3.05, 3.63) is 37.9 Å². The van der Waals surface area contributed by atoms with Crippen LogP contribution in [-0.2, 0) is 6.18 Å². The number of hydrogen-bond acceptors (Lipinski definition) is 5. The van der Waals surface area contributed by atoms with Crippen molar-refractivity contribution in [1.82, 2.24) is 0 Å². The molecule has 2 N–H and O–H groups in total. The Kier molecular flexibility index (Phi) is 8.77. The maximum Gasteiger partial charge on any atom is 0.429 e. The first kappa shape index (κ1) is 24.6. The number of alkyl halides is 3. The average Bonchev–Trinajstić information content (AvgIpc) is 2.57. The molecule has 0 aliphatic heterocycles. The number of hydrogen-bond donors (Lipinski definition) is 2. The zero-order valence-corrected chi connectivity index (χ0v) is 17.0. The van der Waals surface area contributed by atoms with Crippen LogP contribution in [0, 0.1) is 20.2 Å². The number of quaternary nitrogens is 2. The van der Waals surface area contributed by atoms with Crippen molar-refractivity contribution < 1.29 is 32.8 Å². The summed E-state index contributed by atoms with van der Waals surface area (Å²) in [6.07, 6.45) is -3.85. The normalized spacial score (nSPS) is 11.9. The van der Waals surface area contributed by atoms with Crippen molar-refractivity contribution in [1.29, 1.82) is 0 Å². The summed E-state index contributed by atoms with van der Waals surface area (Å²) < 4.78 is 40.0. The van der Waals surface area contributed by atoms with Crippen LogP contribution in [0.2, 0.25) is 0 Å². The Morgan fingerprint density at radius 2 is 1.28 bits per heavy atom. The van der Waals surface area contributed by atoms with Crippen molar-refractivity contribution in [3.63, 3.8) is 0 Å². The predicted molar refractivity (Wildman–Crippen MR) is 102 cm³/mol. The molecule has 0 fully saturated rings. The molecule has 0 heterocycles. The standard InChI is InChI=1S/C17H26F3N5O4/c1-21(2)7-5-9-23(10-6-8-22(3)4)13-11-14(24(26)27)16(17(18,19)20)15(12-13)25(28)29/h11-12H,5-10H2,1-4H3/p+2. The molecule has 0 saturated heterocycles. The number of anilines is 1. The molecule has 0 radical (unpaired) electrons. The molecule has 0 aromatic heterocycles. The molecular weight excluding hydrogens is 395 g/mol. The number of halogens is 3. The van der Waals surface area contributed by atoms with Crippen molar-refractivity contribution in [2.24, 2.45) is 0 Å². The minimum Gasteiger partial charge on any atom is -0.371 e. The van der Waals surface area contributed by atoms with E-state index in [0.29, 0.717) is 25.9 Å². The van der Waals surface area contributed by atoms with E-state index in [1.807, 2.05) is 28.2 Å². The second-order valence-electron chi connectivity index (χ2n) is 7.48. The van der Waals surface area contributed by atoms with E-state index in [2.05, 4.69) is 0 Å². The highest BCUT2D eigenvalue weighted by Gasteiger charge is 2.46. The molecule has 1 rings (SSSR count). The molecule has 0 unspecified atom stereocenters. The van der Waals surface area contributed by atoms with Crippen molar-refractivity contribution >= 4 is 17.1 Å². The fourth-order valence-corrected chi connectivity index (χ4v) is 2.98. The van der Waals surface area contributed by atoms with Gasteiger partial charge in [-0.25, -0.2) is 0 Å². The Morgan fingerprint density at radius 1 is 0.897 bits per heavy atom. The van der Waals surface area contributed by atoms with Crippen LogP contribution in [0.25, 0.3) is 0 Å². The highest BCUT2D eigenvalue weighted by molar-refractivity contribution is 5.66. The summed E-state index contributed by atoms with van der Waals surface area (Å²) in [5.41, 5.74) is -4.38. The third-order valence-corrected chi connectivity index (χ3v) is 4.33. The van der Waals surface area contributed by atoms with E-state index in [-0.39, 0.29) is 5.69 Å². The highest BCUT2D eigenvalue weighted by Crippen LogP contribution is 2.44. The number of nitro groups is 2. The first-order valence-electron chi connectivity index (χ1n) is 9.21. The van der Waals surface area contributed by atoms with Gasteiger partial charge < -0.3 is 14.7 Å². The van der Waals surface area contributed by atoms with E-state index < -0.39 is 33.0 Å². The average molecular weight is 423 g/mol. The molecular formula is C17H28F3N5O4+2. The molecule has 0 amide bonds. The molecule has 0 bridgehead atoms. The number of nitrogens with zero attached hydrogens (tertiary/aromatic N) is 3. The quantitative estimate of drug-likeness (QED) is 0.397. The van der Waals surface area contributed by atoms with Gasteiger partial charge in [-0.2, -0.15) is 13.2 Å². The van der Waals surface area contributed by atoms with Gasteiger partial charge in [0.15, 0.2) is 0 Å². The SMILES string of the molecule is C[NH+](C)CCCN(CCC[NH+](C)C)c1cc([N+](=O)[O-])c(C(F)(F)F)c([N+](=O)[O-])c1. The minimum absolute atomic E-state index is 0.0545. The maximum atomic E-state index is 13.3. The zero-order chi connectivity index (χ0) is 22.4. The topological polar surface area (TPSA) is 98.4 Å². The van der Waals surface area contributed by atoms with Gasteiger partial charge in [0.2, 0.25) is 5.56 Å². The van der Waals surface area contributed by atoms with E-state index in [9.17, 15) is 33.4 Å². The van der Waals surface area contributed by atoms with Gasteiger partial charge >= 0.3 is 6.18 Å². The van der Waals surface area contributed by atoms with Gasteiger partial charge in [-0.3, -0.25) is 20.2 Å². The lowest BCUT2D eigenvalue weighted by atomic mass is 10.1. The van der Waals surface area contributed by atoms with Crippen molar-refractivity contribution in [3.8, 4) is 0 Å². The summed E-state index contributed by atoms with van der Waals surface area (Å²) in [4.78, 5) is 24.2. The number of rotatable bonds is 11. The summed E-state index contributed by atoms with van der Waals surface area (Å²) in [5, 5.41) is 22.6. The van der Waals surface area contributed by atoms with E-state index >= 15 is 0 Å². The monoisotopic (exact) mass is 423 g/mol. The molecule has 164 valence electrons. The summed E-state index contributed by atoms with van der Waals surface area (Å²) in [7, 11) is 7.81. The van der Waals surface area contributed by atoms with Crippen LogP contribution in [0.1, 0.15) is 18.4 Å². The fourth-order valence-electron chi connectivity index (χ4n) is 2.98. The molecule has 0 aliphatic carbocycles. The number of nitro benzene ring substituents is 2. The molecule has 29 heavy (non-hydrogen) atoms. The summed E-state index contributed by atoms with van der Waals surface area (Å²) in [6.45, 7) is 2.40. The van der Waals surface area contributed by atoms with Gasteiger partial charge in [0, 0.05) is 38.1 Å². The fraction of sp³-hybridized carbons (Fsp3) is 0.647. The lowest BCUT2D eigenvalue weighted by molar-refractivity contribution is -0.858. The summed E-state index contributed by atoms with van der Waals surface area (Å²) in [5.74, 6) is 0. The van der Waals surface area contributed by atoms with E-state index in [1.165, 1.54) is 9.80 Å². The first-order chi connectivity index (χ1) is 13.3. The van der Waals surface area contributed by atoms with Crippen LogP contribution in [0.4, 0.5) is 30.2 Å². The highest BCUT2D eigenvalue weighted by atomic mass is 19.4. The van der Waals surface area contributed by atoms with E-state index in [0.717, 1.165) is 25.2 Å². The Labute approximate surface area is 167 Å². The van der Waals surface area contributed by atoms with Gasteiger partial charge in [-0.05, 0) is 0 Å². The third kappa shape index (κ3) is 7.46. The smallest absolute Gasteiger partial charge is 0.371 e. The van der Waals surface area contributed by atoms with Crippen molar-refractivity contribution in [2.75, 3.05) is 59.3 Å². The minimum atomic E-state index is -5.21. The van der Waals surface area contributed by atoms with Gasteiger partial charge in [-0.1, -0.05) is 0 Å². The molecule has 0 saturated carbocycles. The van der Waals surface area contributed by atoms with Crippen LogP contribution in [0.5, 0.6) is 0 Å². The second kappa shape index (κ2) is 10.3. The Bertz CT molecular complexity index is 677. The van der Waals surface area contributed by atoms with Crippen LogP contribution < -0.4 is 14.7 Å². The lowest BCUT2D eigenvalue weighted by Crippen LogP contribution is -3.05. The molecule has 0 spiro atoms. The van der Waals surface area contributed by atoms with Crippen molar-refractivity contribution in [2.45, 2.75) is 19.0 Å². The lowest BCUT2D eigenvalue weighted by Gasteiger charge is -2.25. The predicted octanol–water partition coefficient (Wildman–Crippen LogP) is 0.397. The zero-order valence-electron chi connectivity index (χ0n) is 17.0. The number of nitrogens with one attached hydrogen (secondary N) is 2. The largest absolute Gasteiger partial charge is 0.429 e. The summed E-state index contributed by atoms with van der Waals surface area (Å²) in [6, 6.07) is 1.59. The second-order valence-corrected chi connectivity index (χ2v) is 7.48. The Hall–Kier alpha value is -2.47. The van der Waals surface area contributed by atoms with Crippen LogP contribution in [0.15, 0.2) is 12.1 Å². The third-order valence-electron chi connectivity index (χ3n) is 4.33. The van der Waals surface area contributed by atoms with Crippen LogP contribution in [-0.4, -0.2) is 64.2 Å². The van der Waals surface area contributed by atoms with Gasteiger partial charge in [-0.15, -0.1) is 0 Å². The van der Waals surface area contributed by atoms with Crippen LogP contribution >= 0.6 is 0 Å². The van der Waals surface area contributed by atoms with Crippen LogP contribution in [0.3, 0.4) is 0 Å². The van der Waals surface area contributed by atoms with Gasteiger partial charge in [0.05, 0.1) is 56.8 Å². The van der Waals surface area contributed by atoms with Gasteiger partial charge in [0.1, 0.15) is 0 Å². The summed E-state index contributed by atoms with van der Waals surface area (Å²) >= 11 is 0. The molecule has 0 atom stereocenters. The number of benzene rings is 1.